The van der Waals surface area contributed by atoms with E-state index in [2.05, 4.69) is 10.6 Å². The third-order valence-electron chi connectivity index (χ3n) is 5.71. The molecular formula is C20H29F3N2O2. The van der Waals surface area contributed by atoms with Crippen molar-refractivity contribution in [2.45, 2.75) is 75.8 Å². The average molecular weight is 386 g/mol. The molecule has 1 aromatic carbocycles. The average Bonchev–Trinajstić information content (AvgIpc) is 2.65. The van der Waals surface area contributed by atoms with Crippen LogP contribution in [0.15, 0.2) is 12.1 Å². The quantitative estimate of drug-likeness (QED) is 0.519. The lowest BCUT2D eigenvalue weighted by Gasteiger charge is -2.36. The summed E-state index contributed by atoms with van der Waals surface area (Å²) in [5, 5.41) is 16.2. The van der Waals surface area contributed by atoms with E-state index in [4.69, 9.17) is 4.74 Å². The zero-order valence-corrected chi connectivity index (χ0v) is 15.7. The fourth-order valence-electron chi connectivity index (χ4n) is 4.31. The molecule has 0 bridgehead atoms. The number of benzene rings is 1. The number of nitrogens with one attached hydrogen (secondary N) is 2. The van der Waals surface area contributed by atoms with Gasteiger partial charge in [0.25, 0.3) is 0 Å². The molecule has 1 aromatic rings. The maximum absolute atomic E-state index is 14.0. The van der Waals surface area contributed by atoms with Crippen molar-refractivity contribution in [1.82, 2.24) is 10.6 Å². The van der Waals surface area contributed by atoms with Gasteiger partial charge < -0.3 is 15.2 Å². The summed E-state index contributed by atoms with van der Waals surface area (Å²) in [5.41, 5.74) is -0.122. The van der Waals surface area contributed by atoms with E-state index < -0.39 is 23.7 Å². The molecule has 4 nitrogen and oxygen atoms in total. The summed E-state index contributed by atoms with van der Waals surface area (Å²) < 4.78 is 47.5. The van der Waals surface area contributed by atoms with Gasteiger partial charge in [0, 0.05) is 17.6 Å². The predicted octanol–water partition coefficient (Wildman–Crippen LogP) is 3.20. The van der Waals surface area contributed by atoms with Crippen molar-refractivity contribution in [3.05, 3.63) is 35.1 Å². The number of ether oxygens (including phenoxy) is 1. The molecule has 3 atom stereocenters. The van der Waals surface area contributed by atoms with Crippen molar-refractivity contribution in [3.63, 3.8) is 0 Å². The minimum absolute atomic E-state index is 0.0388. The first-order valence-electron chi connectivity index (χ1n) is 9.88. The van der Waals surface area contributed by atoms with Crippen LogP contribution >= 0.6 is 0 Å². The van der Waals surface area contributed by atoms with E-state index in [0.29, 0.717) is 32.3 Å². The molecule has 0 radical (unpaired) electrons. The summed E-state index contributed by atoms with van der Waals surface area (Å²) in [6.07, 6.45) is 4.06. The van der Waals surface area contributed by atoms with Crippen LogP contribution in [-0.4, -0.2) is 42.7 Å². The number of hydrogen-bond donors (Lipinski definition) is 3. The zero-order chi connectivity index (χ0) is 19.4. The normalized spacial score (nSPS) is 30.3. The fourth-order valence-corrected chi connectivity index (χ4v) is 4.31. The largest absolute Gasteiger partial charge is 0.379 e. The van der Waals surface area contributed by atoms with Crippen molar-refractivity contribution >= 4 is 0 Å². The molecule has 1 aliphatic carbocycles. The van der Waals surface area contributed by atoms with E-state index >= 15 is 0 Å². The van der Waals surface area contributed by atoms with E-state index in [1.54, 1.807) is 6.92 Å². The molecule has 27 heavy (non-hydrogen) atoms. The number of hydrogen-bond acceptors (Lipinski definition) is 4. The van der Waals surface area contributed by atoms with Gasteiger partial charge in [0.2, 0.25) is 0 Å². The van der Waals surface area contributed by atoms with Gasteiger partial charge >= 0.3 is 0 Å². The Morgan fingerprint density at radius 2 is 1.85 bits per heavy atom. The molecule has 152 valence electrons. The molecule has 0 aromatic heterocycles. The Labute approximate surface area is 158 Å². The number of halogens is 3. The van der Waals surface area contributed by atoms with Crippen LogP contribution < -0.4 is 10.6 Å². The van der Waals surface area contributed by atoms with Gasteiger partial charge in [-0.1, -0.05) is 0 Å². The topological polar surface area (TPSA) is 53.5 Å². The Bertz CT molecular complexity index is 621. The molecular weight excluding hydrogens is 357 g/mol. The Hall–Kier alpha value is -1.15. The summed E-state index contributed by atoms with van der Waals surface area (Å²) in [6, 6.07) is 2.12. The number of rotatable bonds is 6. The zero-order valence-electron chi connectivity index (χ0n) is 15.7. The van der Waals surface area contributed by atoms with Gasteiger partial charge in [-0.2, -0.15) is 0 Å². The van der Waals surface area contributed by atoms with Crippen LogP contribution in [0, 0.1) is 17.5 Å². The van der Waals surface area contributed by atoms with Crippen LogP contribution in [0.4, 0.5) is 13.2 Å². The Balaban J connectivity index is 1.50. The fraction of sp³-hybridized carbons (Fsp3) is 0.700. The van der Waals surface area contributed by atoms with Crippen molar-refractivity contribution in [3.8, 4) is 0 Å². The molecule has 2 aliphatic rings. The SMILES string of the molecule is CC(O)NC1CCCNC1COC1CCC(c2c(F)ccc(F)c2F)CC1. The Kier molecular flexibility index (Phi) is 7.14. The van der Waals surface area contributed by atoms with Crippen LogP contribution in [0.2, 0.25) is 0 Å². The predicted molar refractivity (Wildman–Crippen MR) is 96.9 cm³/mol. The highest BCUT2D eigenvalue weighted by molar-refractivity contribution is 5.25. The van der Waals surface area contributed by atoms with Crippen molar-refractivity contribution in [2.75, 3.05) is 13.2 Å². The first kappa shape index (κ1) is 20.6. The maximum atomic E-state index is 14.0. The van der Waals surface area contributed by atoms with Gasteiger partial charge in [-0.15, -0.1) is 0 Å². The van der Waals surface area contributed by atoms with E-state index in [-0.39, 0.29) is 29.7 Å². The van der Waals surface area contributed by atoms with E-state index in [1.165, 1.54) is 0 Å². The molecule has 7 heteroatoms. The highest BCUT2D eigenvalue weighted by Gasteiger charge is 2.30. The minimum atomic E-state index is -1.06. The number of aliphatic hydroxyl groups excluding tert-OH is 1. The van der Waals surface area contributed by atoms with Gasteiger partial charge in [-0.3, -0.25) is 5.32 Å². The summed E-state index contributed by atoms with van der Waals surface area (Å²) in [7, 11) is 0. The molecule has 2 fully saturated rings. The Morgan fingerprint density at radius 1 is 1.15 bits per heavy atom. The summed E-state index contributed by atoms with van der Waals surface area (Å²) in [5.74, 6) is -3.03. The monoisotopic (exact) mass is 386 g/mol. The molecule has 1 aliphatic heterocycles. The first-order valence-corrected chi connectivity index (χ1v) is 9.88. The molecule has 3 N–H and O–H groups in total. The van der Waals surface area contributed by atoms with Crippen LogP contribution in [0.5, 0.6) is 0 Å². The highest BCUT2D eigenvalue weighted by atomic mass is 19.2. The second-order valence-corrected chi connectivity index (χ2v) is 7.72. The number of aliphatic hydroxyl groups is 1. The van der Waals surface area contributed by atoms with Gasteiger partial charge in [0.1, 0.15) is 12.0 Å². The lowest BCUT2D eigenvalue weighted by Crippen LogP contribution is -2.56. The smallest absolute Gasteiger partial charge is 0.165 e. The minimum Gasteiger partial charge on any atom is -0.379 e. The lowest BCUT2D eigenvalue weighted by atomic mass is 9.82. The van der Waals surface area contributed by atoms with Crippen molar-refractivity contribution in [1.29, 1.82) is 0 Å². The van der Waals surface area contributed by atoms with Crippen molar-refractivity contribution < 1.29 is 23.0 Å². The third-order valence-corrected chi connectivity index (χ3v) is 5.71. The second-order valence-electron chi connectivity index (χ2n) is 7.72. The molecule has 1 saturated carbocycles. The van der Waals surface area contributed by atoms with E-state index in [9.17, 15) is 18.3 Å². The van der Waals surface area contributed by atoms with Gasteiger partial charge in [-0.05, 0) is 70.0 Å². The summed E-state index contributed by atoms with van der Waals surface area (Å²) in [6.45, 7) is 3.16. The van der Waals surface area contributed by atoms with Crippen LogP contribution in [-0.2, 0) is 4.74 Å². The van der Waals surface area contributed by atoms with Crippen LogP contribution in [0.3, 0.4) is 0 Å². The molecule has 1 heterocycles. The van der Waals surface area contributed by atoms with E-state index in [0.717, 1.165) is 31.5 Å². The third kappa shape index (κ3) is 5.22. The van der Waals surface area contributed by atoms with Crippen LogP contribution in [0.1, 0.15) is 56.9 Å². The highest BCUT2D eigenvalue weighted by Crippen LogP contribution is 2.37. The van der Waals surface area contributed by atoms with Crippen LogP contribution in [0.25, 0.3) is 0 Å². The molecule has 1 saturated heterocycles. The van der Waals surface area contributed by atoms with Gasteiger partial charge in [0.05, 0.1) is 12.7 Å². The molecule has 0 spiro atoms. The molecule has 3 unspecified atom stereocenters. The Morgan fingerprint density at radius 3 is 2.56 bits per heavy atom. The number of piperidine rings is 1. The molecule has 0 amide bonds. The maximum Gasteiger partial charge on any atom is 0.165 e. The second kappa shape index (κ2) is 9.37. The standard InChI is InChI=1S/C20H29F3N2O2/c1-12(26)25-17-3-2-10-24-18(17)11-27-14-6-4-13(5-7-14)19-15(21)8-9-16(22)20(19)23/h8-9,12-14,17-18,24-26H,2-7,10-11H2,1H3. The van der Waals surface area contributed by atoms with Gasteiger partial charge in [-0.25, -0.2) is 13.2 Å². The van der Waals surface area contributed by atoms with Gasteiger partial charge in [0.15, 0.2) is 11.6 Å². The van der Waals surface area contributed by atoms with E-state index in [1.807, 2.05) is 0 Å². The molecule has 3 rings (SSSR count). The first-order chi connectivity index (χ1) is 13.0. The summed E-state index contributed by atoms with van der Waals surface area (Å²) in [4.78, 5) is 0. The summed E-state index contributed by atoms with van der Waals surface area (Å²) >= 11 is 0. The lowest BCUT2D eigenvalue weighted by molar-refractivity contribution is -0.00122. The van der Waals surface area contributed by atoms with Crippen molar-refractivity contribution in [2.24, 2.45) is 0 Å².